The number of para-hydroxylation sites is 1. The molecule has 2 heterocycles. The second kappa shape index (κ2) is 7.47. The van der Waals surface area contributed by atoms with E-state index in [1.165, 1.54) is 33.9 Å². The molecule has 0 spiro atoms. The van der Waals surface area contributed by atoms with E-state index in [0.29, 0.717) is 22.6 Å². The molecule has 0 bridgehead atoms. The molecule has 0 amide bonds. The molecule has 1 N–H and O–H groups in total. The van der Waals surface area contributed by atoms with Gasteiger partial charge in [-0.3, -0.25) is 4.79 Å². The fraction of sp³-hybridized carbons (Fsp3) is 0.100. The van der Waals surface area contributed by atoms with Crippen molar-refractivity contribution >= 4 is 5.69 Å². The SMILES string of the molecule is CNc1c(-n2cc(-c3ccc(C(F)(F)F)cc3)nn2)cnn(-c2ccccc2)c1=O. The largest absolute Gasteiger partial charge is 0.416 e. The normalized spacial score (nSPS) is 11.5. The summed E-state index contributed by atoms with van der Waals surface area (Å²) in [7, 11) is 1.60. The van der Waals surface area contributed by atoms with Crippen molar-refractivity contribution in [3.63, 3.8) is 0 Å². The summed E-state index contributed by atoms with van der Waals surface area (Å²) in [6.07, 6.45) is -1.43. The average Bonchev–Trinajstić information content (AvgIpc) is 3.23. The number of alkyl halides is 3. The van der Waals surface area contributed by atoms with Crippen LogP contribution in [-0.4, -0.2) is 31.8 Å². The highest BCUT2D eigenvalue weighted by Crippen LogP contribution is 2.30. The summed E-state index contributed by atoms with van der Waals surface area (Å²) in [6, 6.07) is 13.5. The van der Waals surface area contributed by atoms with Gasteiger partial charge in [-0.25, -0.2) is 4.68 Å². The second-order valence-electron chi connectivity index (χ2n) is 6.33. The highest BCUT2D eigenvalue weighted by molar-refractivity contribution is 5.62. The summed E-state index contributed by atoms with van der Waals surface area (Å²) in [4.78, 5) is 12.9. The molecule has 4 aromatic rings. The molecule has 0 aliphatic rings. The van der Waals surface area contributed by atoms with E-state index in [1.807, 2.05) is 6.07 Å². The number of hydrogen-bond acceptors (Lipinski definition) is 5. The summed E-state index contributed by atoms with van der Waals surface area (Å²) in [5, 5.41) is 15.1. The van der Waals surface area contributed by atoms with Crippen LogP contribution < -0.4 is 10.9 Å². The van der Waals surface area contributed by atoms with Crippen LogP contribution in [0.1, 0.15) is 5.56 Å². The van der Waals surface area contributed by atoms with E-state index < -0.39 is 11.7 Å². The van der Waals surface area contributed by atoms with Gasteiger partial charge in [0.2, 0.25) is 0 Å². The van der Waals surface area contributed by atoms with Crippen LogP contribution in [-0.2, 0) is 6.18 Å². The molecule has 7 nitrogen and oxygen atoms in total. The Labute approximate surface area is 168 Å². The van der Waals surface area contributed by atoms with E-state index in [9.17, 15) is 18.0 Å². The van der Waals surface area contributed by atoms with Gasteiger partial charge in [-0.15, -0.1) is 5.10 Å². The second-order valence-corrected chi connectivity index (χ2v) is 6.33. The van der Waals surface area contributed by atoms with Crippen molar-refractivity contribution in [3.8, 4) is 22.6 Å². The number of nitrogens with zero attached hydrogens (tertiary/aromatic N) is 5. The first-order chi connectivity index (χ1) is 14.4. The topological polar surface area (TPSA) is 77.6 Å². The molecule has 0 aliphatic heterocycles. The predicted molar refractivity (Wildman–Crippen MR) is 105 cm³/mol. The fourth-order valence-corrected chi connectivity index (χ4v) is 2.95. The van der Waals surface area contributed by atoms with Crippen molar-refractivity contribution < 1.29 is 13.2 Å². The highest BCUT2D eigenvalue weighted by Gasteiger charge is 2.30. The molecule has 152 valence electrons. The summed E-state index contributed by atoms with van der Waals surface area (Å²) in [6.45, 7) is 0. The van der Waals surface area contributed by atoms with Crippen LogP contribution in [0.2, 0.25) is 0 Å². The minimum Gasteiger partial charge on any atom is -0.382 e. The van der Waals surface area contributed by atoms with E-state index in [2.05, 4.69) is 20.7 Å². The van der Waals surface area contributed by atoms with Crippen LogP contribution in [0.5, 0.6) is 0 Å². The summed E-state index contributed by atoms with van der Waals surface area (Å²) in [5.74, 6) is 0. The first kappa shape index (κ1) is 19.4. The van der Waals surface area contributed by atoms with Crippen molar-refractivity contribution in [2.24, 2.45) is 0 Å². The highest BCUT2D eigenvalue weighted by atomic mass is 19.4. The van der Waals surface area contributed by atoms with Gasteiger partial charge in [0.05, 0.1) is 23.6 Å². The lowest BCUT2D eigenvalue weighted by molar-refractivity contribution is -0.137. The van der Waals surface area contributed by atoms with Gasteiger partial charge in [0.15, 0.2) is 0 Å². The summed E-state index contributed by atoms with van der Waals surface area (Å²) < 4.78 is 40.8. The lowest BCUT2D eigenvalue weighted by atomic mass is 10.1. The number of hydrogen-bond donors (Lipinski definition) is 1. The molecule has 2 aromatic heterocycles. The Bertz CT molecular complexity index is 1230. The Morgan fingerprint density at radius 1 is 1.00 bits per heavy atom. The maximum absolute atomic E-state index is 12.9. The number of benzene rings is 2. The molecule has 0 unspecified atom stereocenters. The van der Waals surface area contributed by atoms with E-state index in [0.717, 1.165) is 12.1 Å². The third-order valence-corrected chi connectivity index (χ3v) is 4.46. The lowest BCUT2D eigenvalue weighted by Gasteiger charge is -2.11. The Morgan fingerprint density at radius 2 is 1.70 bits per heavy atom. The van der Waals surface area contributed by atoms with Crippen molar-refractivity contribution in [1.82, 2.24) is 24.8 Å². The van der Waals surface area contributed by atoms with E-state index >= 15 is 0 Å². The monoisotopic (exact) mass is 412 g/mol. The zero-order chi connectivity index (χ0) is 21.3. The summed E-state index contributed by atoms with van der Waals surface area (Å²) in [5.41, 5.74) is 0.911. The zero-order valence-corrected chi connectivity index (χ0v) is 15.6. The third-order valence-electron chi connectivity index (χ3n) is 4.46. The maximum Gasteiger partial charge on any atom is 0.416 e. The van der Waals surface area contributed by atoms with Crippen molar-refractivity contribution in [1.29, 1.82) is 0 Å². The molecule has 2 aromatic carbocycles. The first-order valence-corrected chi connectivity index (χ1v) is 8.84. The Hall–Kier alpha value is -3.95. The van der Waals surface area contributed by atoms with Crippen LogP contribution in [0, 0.1) is 0 Å². The molecule has 0 fully saturated rings. The Balaban J connectivity index is 1.71. The minimum atomic E-state index is -4.41. The van der Waals surface area contributed by atoms with Crippen LogP contribution in [0.25, 0.3) is 22.6 Å². The van der Waals surface area contributed by atoms with E-state index in [1.54, 1.807) is 31.3 Å². The van der Waals surface area contributed by atoms with Crippen LogP contribution >= 0.6 is 0 Å². The first-order valence-electron chi connectivity index (χ1n) is 8.84. The van der Waals surface area contributed by atoms with Gasteiger partial charge in [-0.05, 0) is 24.3 Å². The molecule has 0 aliphatic carbocycles. The molecule has 0 radical (unpaired) electrons. The number of anilines is 1. The Kier molecular flexibility index (Phi) is 4.82. The number of nitrogens with one attached hydrogen (secondary N) is 1. The van der Waals surface area contributed by atoms with Crippen molar-refractivity contribution in [2.45, 2.75) is 6.18 Å². The molecule has 0 atom stereocenters. The van der Waals surface area contributed by atoms with Gasteiger partial charge in [0.1, 0.15) is 17.1 Å². The predicted octanol–water partition coefficient (Wildman–Crippen LogP) is 3.54. The van der Waals surface area contributed by atoms with Crippen LogP contribution in [0.4, 0.5) is 18.9 Å². The van der Waals surface area contributed by atoms with E-state index in [4.69, 9.17) is 0 Å². The average molecular weight is 412 g/mol. The molecular weight excluding hydrogens is 397 g/mol. The smallest absolute Gasteiger partial charge is 0.382 e. The molecule has 0 saturated carbocycles. The number of aromatic nitrogens is 5. The molecule has 4 rings (SSSR count). The van der Waals surface area contributed by atoms with Gasteiger partial charge < -0.3 is 5.32 Å². The van der Waals surface area contributed by atoms with Crippen LogP contribution in [0.15, 0.2) is 71.8 Å². The third kappa shape index (κ3) is 3.54. The van der Waals surface area contributed by atoms with Gasteiger partial charge in [-0.2, -0.15) is 23.0 Å². The van der Waals surface area contributed by atoms with Crippen LogP contribution in [0.3, 0.4) is 0 Å². The lowest BCUT2D eigenvalue weighted by Crippen LogP contribution is -2.25. The van der Waals surface area contributed by atoms with Crippen molar-refractivity contribution in [2.75, 3.05) is 12.4 Å². The zero-order valence-electron chi connectivity index (χ0n) is 15.6. The minimum absolute atomic E-state index is 0.248. The molecular formula is C20H15F3N6O. The van der Waals surface area contributed by atoms with Gasteiger partial charge in [-0.1, -0.05) is 35.5 Å². The molecule has 10 heteroatoms. The summed E-state index contributed by atoms with van der Waals surface area (Å²) >= 11 is 0. The van der Waals surface area contributed by atoms with Gasteiger partial charge >= 0.3 is 6.18 Å². The maximum atomic E-state index is 12.9. The standard InChI is InChI=1S/C20H15F3N6O/c1-24-18-17(11-25-29(19(18)30)15-5-3-2-4-6-15)28-12-16(26-27-28)13-7-9-14(10-8-13)20(21,22)23/h2-12,24H,1H3. The van der Waals surface area contributed by atoms with Gasteiger partial charge in [0.25, 0.3) is 5.56 Å². The quantitative estimate of drug-likeness (QED) is 0.555. The van der Waals surface area contributed by atoms with E-state index in [-0.39, 0.29) is 11.2 Å². The molecule has 30 heavy (non-hydrogen) atoms. The molecule has 0 saturated heterocycles. The number of rotatable bonds is 4. The fourth-order valence-electron chi connectivity index (χ4n) is 2.95. The Morgan fingerprint density at radius 3 is 2.33 bits per heavy atom. The van der Waals surface area contributed by atoms with Crippen molar-refractivity contribution in [3.05, 3.63) is 82.9 Å². The number of halogens is 3. The van der Waals surface area contributed by atoms with Gasteiger partial charge in [0, 0.05) is 12.6 Å².